The SMILES string of the molecule is CC(C=O)N1N=C(c2cc(F)ccc2F)SC1(CCCN)c1ccccc1. The maximum absolute atomic E-state index is 14.4. The van der Waals surface area contributed by atoms with E-state index in [-0.39, 0.29) is 5.56 Å². The number of benzene rings is 2. The van der Waals surface area contributed by atoms with E-state index in [9.17, 15) is 13.6 Å². The molecule has 0 aromatic heterocycles. The molecule has 0 bridgehead atoms. The summed E-state index contributed by atoms with van der Waals surface area (Å²) in [5.74, 6) is -1.09. The smallest absolute Gasteiger partial charge is 0.143 e. The van der Waals surface area contributed by atoms with Gasteiger partial charge in [-0.25, -0.2) is 8.78 Å². The summed E-state index contributed by atoms with van der Waals surface area (Å²) >= 11 is 1.33. The van der Waals surface area contributed by atoms with Gasteiger partial charge in [0.15, 0.2) is 0 Å². The van der Waals surface area contributed by atoms with Gasteiger partial charge in [0.05, 0.1) is 0 Å². The van der Waals surface area contributed by atoms with E-state index in [4.69, 9.17) is 5.73 Å². The van der Waals surface area contributed by atoms with E-state index < -0.39 is 22.5 Å². The van der Waals surface area contributed by atoms with Crippen molar-refractivity contribution in [1.29, 1.82) is 0 Å². The second-order valence-electron chi connectivity index (χ2n) is 6.40. The van der Waals surface area contributed by atoms with Crippen molar-refractivity contribution in [2.24, 2.45) is 10.8 Å². The highest BCUT2D eigenvalue weighted by Crippen LogP contribution is 2.51. The molecule has 1 aliphatic heterocycles. The molecular formula is C20H21F2N3OS. The summed E-state index contributed by atoms with van der Waals surface area (Å²) in [5, 5.41) is 6.59. The number of aldehydes is 1. The summed E-state index contributed by atoms with van der Waals surface area (Å²) in [4.78, 5) is 10.9. The summed E-state index contributed by atoms with van der Waals surface area (Å²) in [7, 11) is 0. The Labute approximate surface area is 161 Å². The number of hydrogen-bond acceptors (Lipinski definition) is 5. The molecule has 0 saturated carbocycles. The molecule has 2 aromatic rings. The molecule has 2 atom stereocenters. The molecule has 0 radical (unpaired) electrons. The van der Waals surface area contributed by atoms with Crippen LogP contribution < -0.4 is 5.73 Å². The minimum atomic E-state index is -0.713. The summed E-state index contributed by atoms with van der Waals surface area (Å²) in [6.07, 6.45) is 2.10. The number of rotatable bonds is 7. The van der Waals surface area contributed by atoms with Gasteiger partial charge in [0, 0.05) is 5.56 Å². The van der Waals surface area contributed by atoms with E-state index >= 15 is 0 Å². The van der Waals surface area contributed by atoms with Gasteiger partial charge in [-0.2, -0.15) is 5.10 Å². The highest BCUT2D eigenvalue weighted by atomic mass is 32.2. The molecule has 142 valence electrons. The first-order valence-corrected chi connectivity index (χ1v) is 9.57. The topological polar surface area (TPSA) is 58.7 Å². The Morgan fingerprint density at radius 3 is 2.67 bits per heavy atom. The lowest BCUT2D eigenvalue weighted by Gasteiger charge is -2.39. The summed E-state index contributed by atoms with van der Waals surface area (Å²) < 4.78 is 28.1. The Balaban J connectivity index is 2.12. The maximum atomic E-state index is 14.4. The molecular weight excluding hydrogens is 368 g/mol. The van der Waals surface area contributed by atoms with Crippen LogP contribution in [0, 0.1) is 11.6 Å². The standard InChI is InChI=1S/C20H21F2N3OS/c1-14(13-26)25-20(10-5-11-23,15-6-3-2-4-7-15)27-19(24-25)17-12-16(21)8-9-18(17)22/h2-4,6-9,12-14H,5,10-11,23H2,1H3. The molecule has 0 aliphatic carbocycles. The average molecular weight is 389 g/mol. The Morgan fingerprint density at radius 1 is 1.26 bits per heavy atom. The fourth-order valence-corrected chi connectivity index (χ4v) is 4.71. The largest absolute Gasteiger partial charge is 0.330 e. The lowest BCUT2D eigenvalue weighted by atomic mass is 9.99. The number of halogens is 2. The molecule has 0 amide bonds. The highest BCUT2D eigenvalue weighted by molar-refractivity contribution is 8.15. The van der Waals surface area contributed by atoms with Crippen molar-refractivity contribution < 1.29 is 13.6 Å². The van der Waals surface area contributed by atoms with E-state index in [1.807, 2.05) is 30.3 Å². The second-order valence-corrected chi connectivity index (χ2v) is 7.66. The number of hydrogen-bond donors (Lipinski definition) is 1. The van der Waals surface area contributed by atoms with Crippen molar-refractivity contribution in [2.75, 3.05) is 6.54 Å². The van der Waals surface area contributed by atoms with Crippen LogP contribution in [0.25, 0.3) is 0 Å². The van der Waals surface area contributed by atoms with Gasteiger partial charge in [-0.1, -0.05) is 42.1 Å². The normalized spacial score (nSPS) is 20.4. The maximum Gasteiger partial charge on any atom is 0.143 e. The third-order valence-corrected chi connectivity index (χ3v) is 5.98. The quantitative estimate of drug-likeness (QED) is 0.731. The highest BCUT2D eigenvalue weighted by Gasteiger charge is 2.47. The number of nitrogens with two attached hydrogens (primary N) is 1. The van der Waals surface area contributed by atoms with Gasteiger partial charge in [-0.3, -0.25) is 5.01 Å². The summed E-state index contributed by atoms with van der Waals surface area (Å²) in [5.41, 5.74) is 6.77. The van der Waals surface area contributed by atoms with Crippen LogP contribution in [0.4, 0.5) is 8.78 Å². The van der Waals surface area contributed by atoms with Crippen LogP contribution in [0.2, 0.25) is 0 Å². The van der Waals surface area contributed by atoms with Crippen molar-refractivity contribution in [2.45, 2.75) is 30.7 Å². The Kier molecular flexibility index (Phi) is 5.92. The molecule has 4 nitrogen and oxygen atoms in total. The molecule has 3 rings (SSSR count). The first-order chi connectivity index (χ1) is 13.0. The lowest BCUT2D eigenvalue weighted by Crippen LogP contribution is -2.43. The van der Waals surface area contributed by atoms with Gasteiger partial charge in [0.2, 0.25) is 0 Å². The van der Waals surface area contributed by atoms with Crippen molar-refractivity contribution in [3.8, 4) is 0 Å². The van der Waals surface area contributed by atoms with Crippen molar-refractivity contribution in [3.05, 3.63) is 71.3 Å². The minimum absolute atomic E-state index is 0.0913. The molecule has 1 aliphatic rings. The Morgan fingerprint density at radius 2 is 2.00 bits per heavy atom. The first kappa shape index (κ1) is 19.5. The van der Waals surface area contributed by atoms with E-state index in [2.05, 4.69) is 5.10 Å². The second kappa shape index (κ2) is 8.19. The zero-order valence-electron chi connectivity index (χ0n) is 14.9. The van der Waals surface area contributed by atoms with Gasteiger partial charge in [0.1, 0.15) is 33.9 Å². The molecule has 0 saturated heterocycles. The lowest BCUT2D eigenvalue weighted by molar-refractivity contribution is -0.113. The monoisotopic (exact) mass is 389 g/mol. The fraction of sp³-hybridized carbons (Fsp3) is 0.300. The predicted octanol–water partition coefficient (Wildman–Crippen LogP) is 3.85. The van der Waals surface area contributed by atoms with Crippen LogP contribution >= 0.6 is 11.8 Å². The van der Waals surface area contributed by atoms with Gasteiger partial charge in [-0.05, 0) is 50.1 Å². The number of carbonyl (C=O) groups excluding carboxylic acids is 1. The van der Waals surface area contributed by atoms with Gasteiger partial charge < -0.3 is 10.5 Å². The van der Waals surface area contributed by atoms with Crippen molar-refractivity contribution >= 4 is 23.1 Å². The number of hydrazone groups is 1. The molecule has 27 heavy (non-hydrogen) atoms. The third-order valence-electron chi connectivity index (χ3n) is 4.52. The average Bonchev–Trinajstić information content (AvgIpc) is 3.09. The van der Waals surface area contributed by atoms with Crippen LogP contribution in [0.15, 0.2) is 53.6 Å². The predicted molar refractivity (Wildman–Crippen MR) is 104 cm³/mol. The summed E-state index contributed by atoms with van der Waals surface area (Å²) in [6, 6.07) is 12.4. The first-order valence-electron chi connectivity index (χ1n) is 8.75. The third kappa shape index (κ3) is 3.75. The van der Waals surface area contributed by atoms with Crippen LogP contribution in [-0.4, -0.2) is 28.9 Å². The van der Waals surface area contributed by atoms with E-state index in [1.54, 1.807) is 11.9 Å². The Bertz CT molecular complexity index is 846. The molecule has 1 heterocycles. The molecule has 7 heteroatoms. The van der Waals surface area contributed by atoms with Gasteiger partial charge in [-0.15, -0.1) is 0 Å². The van der Waals surface area contributed by atoms with Crippen molar-refractivity contribution in [1.82, 2.24) is 5.01 Å². The van der Waals surface area contributed by atoms with Crippen LogP contribution in [0.1, 0.15) is 30.9 Å². The molecule has 2 N–H and O–H groups in total. The fourth-order valence-electron chi connectivity index (χ4n) is 3.19. The molecule has 0 fully saturated rings. The van der Waals surface area contributed by atoms with Crippen LogP contribution in [0.5, 0.6) is 0 Å². The van der Waals surface area contributed by atoms with Gasteiger partial charge in [0.25, 0.3) is 0 Å². The van der Waals surface area contributed by atoms with Gasteiger partial charge >= 0.3 is 0 Å². The number of thioether (sulfide) groups is 1. The van der Waals surface area contributed by atoms with Crippen LogP contribution in [-0.2, 0) is 9.67 Å². The summed E-state index contributed by atoms with van der Waals surface area (Å²) in [6.45, 7) is 2.21. The van der Waals surface area contributed by atoms with Crippen molar-refractivity contribution in [3.63, 3.8) is 0 Å². The van der Waals surface area contributed by atoms with E-state index in [0.717, 1.165) is 30.0 Å². The minimum Gasteiger partial charge on any atom is -0.330 e. The number of nitrogens with zero attached hydrogens (tertiary/aromatic N) is 2. The van der Waals surface area contributed by atoms with E-state index in [1.165, 1.54) is 11.8 Å². The molecule has 0 spiro atoms. The molecule has 2 unspecified atom stereocenters. The Hall–Kier alpha value is -2.25. The van der Waals surface area contributed by atoms with E-state index in [0.29, 0.717) is 24.4 Å². The number of carbonyl (C=O) groups is 1. The zero-order chi connectivity index (χ0) is 19.4. The van der Waals surface area contributed by atoms with Crippen LogP contribution in [0.3, 0.4) is 0 Å². The zero-order valence-corrected chi connectivity index (χ0v) is 15.8. The molecule has 2 aromatic carbocycles.